The first-order valence-electron chi connectivity index (χ1n) is 9.24. The molecule has 3 rings (SSSR count). The van der Waals surface area contributed by atoms with E-state index in [1.165, 1.54) is 12.1 Å². The molecular weight excluding hydrogens is 352 g/mol. The maximum atomic E-state index is 12.9. The van der Waals surface area contributed by atoms with Crippen molar-refractivity contribution in [3.63, 3.8) is 0 Å². The number of nitro groups is 1. The van der Waals surface area contributed by atoms with Crippen LogP contribution in [0.15, 0.2) is 24.3 Å². The van der Waals surface area contributed by atoms with E-state index in [1.54, 1.807) is 17.0 Å². The fourth-order valence-corrected chi connectivity index (χ4v) is 3.65. The van der Waals surface area contributed by atoms with Crippen LogP contribution >= 0.6 is 0 Å². The first-order chi connectivity index (χ1) is 12.7. The molecule has 8 nitrogen and oxygen atoms in total. The van der Waals surface area contributed by atoms with Gasteiger partial charge in [-0.1, -0.05) is 0 Å². The van der Waals surface area contributed by atoms with Gasteiger partial charge in [-0.15, -0.1) is 0 Å². The van der Waals surface area contributed by atoms with Gasteiger partial charge in [-0.25, -0.2) is 4.79 Å². The van der Waals surface area contributed by atoms with E-state index in [2.05, 4.69) is 0 Å². The number of nitrogens with zero attached hydrogens (tertiary/aromatic N) is 2. The third-order valence-electron chi connectivity index (χ3n) is 4.81. The second-order valence-electron chi connectivity index (χ2n) is 8.03. The van der Waals surface area contributed by atoms with Crippen molar-refractivity contribution in [2.24, 2.45) is 0 Å². The van der Waals surface area contributed by atoms with Gasteiger partial charge < -0.3 is 14.2 Å². The molecule has 2 fully saturated rings. The van der Waals surface area contributed by atoms with Gasteiger partial charge in [0.05, 0.1) is 17.6 Å². The fraction of sp³-hybridized carbons (Fsp3) is 0.632. The Bertz CT molecular complexity index is 691. The van der Waals surface area contributed by atoms with Crippen LogP contribution in [0.3, 0.4) is 0 Å². The number of amides is 1. The van der Waals surface area contributed by atoms with Crippen molar-refractivity contribution >= 4 is 11.8 Å². The molecule has 8 heteroatoms. The van der Waals surface area contributed by atoms with Crippen LogP contribution in [0, 0.1) is 10.1 Å². The lowest BCUT2D eigenvalue weighted by atomic mass is 10.1. The van der Waals surface area contributed by atoms with Crippen molar-refractivity contribution in [2.45, 2.75) is 63.8 Å². The zero-order valence-corrected chi connectivity index (χ0v) is 16.0. The van der Waals surface area contributed by atoms with Crippen molar-refractivity contribution in [2.75, 3.05) is 13.2 Å². The molecule has 1 saturated heterocycles. The number of rotatable bonds is 4. The summed E-state index contributed by atoms with van der Waals surface area (Å²) < 4.78 is 17.5. The van der Waals surface area contributed by atoms with Gasteiger partial charge in [0.25, 0.3) is 5.69 Å². The first kappa shape index (κ1) is 19.4. The van der Waals surface area contributed by atoms with E-state index in [0.29, 0.717) is 12.4 Å². The van der Waals surface area contributed by atoms with Crippen molar-refractivity contribution in [1.82, 2.24) is 4.90 Å². The van der Waals surface area contributed by atoms with E-state index in [0.717, 1.165) is 25.7 Å². The standard InChI is InChI=1S/C19H26N2O6/c1-18(2,3)27-17(22)20-15(13-26-19(20)10-4-5-11-19)12-25-16-8-6-14(7-9-16)21(23)24/h6-9,15H,4-5,10-13H2,1-3H3. The molecule has 1 aromatic carbocycles. The van der Waals surface area contributed by atoms with E-state index < -0.39 is 16.2 Å². The van der Waals surface area contributed by atoms with Crippen molar-refractivity contribution in [3.05, 3.63) is 34.4 Å². The summed E-state index contributed by atoms with van der Waals surface area (Å²) in [5, 5.41) is 10.7. The molecule has 0 radical (unpaired) electrons. The SMILES string of the molecule is CC(C)(C)OC(=O)N1C(COc2ccc([N+](=O)[O-])cc2)COC12CCCC2. The highest BCUT2D eigenvalue weighted by Crippen LogP contribution is 2.42. The van der Waals surface area contributed by atoms with Gasteiger partial charge in [0, 0.05) is 12.1 Å². The fourth-order valence-electron chi connectivity index (χ4n) is 3.65. The van der Waals surface area contributed by atoms with Gasteiger partial charge in [-0.3, -0.25) is 15.0 Å². The molecule has 1 saturated carbocycles. The van der Waals surface area contributed by atoms with Crippen LogP contribution in [0.4, 0.5) is 10.5 Å². The Labute approximate surface area is 158 Å². The van der Waals surface area contributed by atoms with Crippen LogP contribution in [0.5, 0.6) is 5.75 Å². The average molecular weight is 378 g/mol. The number of hydrogen-bond acceptors (Lipinski definition) is 6. The van der Waals surface area contributed by atoms with Crippen LogP contribution in [0.1, 0.15) is 46.5 Å². The minimum absolute atomic E-state index is 0.00633. The third kappa shape index (κ3) is 4.32. The zero-order chi connectivity index (χ0) is 19.7. The maximum Gasteiger partial charge on any atom is 0.413 e. The van der Waals surface area contributed by atoms with Crippen molar-refractivity contribution in [1.29, 1.82) is 0 Å². The lowest BCUT2D eigenvalue weighted by Gasteiger charge is -2.37. The Morgan fingerprint density at radius 1 is 1.30 bits per heavy atom. The van der Waals surface area contributed by atoms with Gasteiger partial charge >= 0.3 is 6.09 Å². The van der Waals surface area contributed by atoms with E-state index in [-0.39, 0.29) is 24.4 Å². The molecule has 1 atom stereocenters. The molecule has 1 aromatic rings. The third-order valence-corrected chi connectivity index (χ3v) is 4.81. The van der Waals surface area contributed by atoms with Crippen LogP contribution in [-0.4, -0.2) is 46.5 Å². The Morgan fingerprint density at radius 2 is 1.93 bits per heavy atom. The summed E-state index contributed by atoms with van der Waals surface area (Å²) in [6.07, 6.45) is 3.21. The summed E-state index contributed by atoms with van der Waals surface area (Å²) in [5.74, 6) is 0.511. The number of non-ortho nitro benzene ring substituents is 1. The average Bonchev–Trinajstić information content (AvgIpc) is 3.19. The Hall–Kier alpha value is -2.35. The molecule has 1 amide bonds. The Balaban J connectivity index is 1.71. The number of benzene rings is 1. The molecule has 1 aliphatic heterocycles. The number of carbonyl (C=O) groups is 1. The molecule has 0 bridgehead atoms. The molecule has 0 N–H and O–H groups in total. The first-order valence-corrected chi connectivity index (χ1v) is 9.24. The van der Waals surface area contributed by atoms with Gasteiger partial charge in [0.1, 0.15) is 23.7 Å². The van der Waals surface area contributed by atoms with Crippen molar-refractivity contribution in [3.8, 4) is 5.75 Å². The topological polar surface area (TPSA) is 91.1 Å². The van der Waals surface area contributed by atoms with E-state index >= 15 is 0 Å². The van der Waals surface area contributed by atoms with E-state index in [9.17, 15) is 14.9 Å². The second kappa shape index (κ2) is 7.34. The van der Waals surface area contributed by atoms with Crippen LogP contribution < -0.4 is 4.74 Å². The summed E-state index contributed by atoms with van der Waals surface area (Å²) in [4.78, 5) is 24.9. The Morgan fingerprint density at radius 3 is 2.48 bits per heavy atom. The van der Waals surface area contributed by atoms with Gasteiger partial charge in [-0.2, -0.15) is 0 Å². The maximum absolute atomic E-state index is 12.9. The van der Waals surface area contributed by atoms with Crippen LogP contribution in [0.2, 0.25) is 0 Å². The highest BCUT2D eigenvalue weighted by molar-refractivity contribution is 5.70. The van der Waals surface area contributed by atoms with E-state index in [4.69, 9.17) is 14.2 Å². The molecule has 1 unspecified atom stereocenters. The molecule has 2 aliphatic rings. The van der Waals surface area contributed by atoms with Gasteiger partial charge in [0.15, 0.2) is 0 Å². The molecular formula is C19H26N2O6. The smallest absolute Gasteiger partial charge is 0.413 e. The minimum atomic E-state index is -0.605. The summed E-state index contributed by atoms with van der Waals surface area (Å²) in [6, 6.07) is 5.62. The lowest BCUT2D eigenvalue weighted by Crippen LogP contribution is -2.53. The Kier molecular flexibility index (Phi) is 5.28. The molecule has 0 aromatic heterocycles. The largest absolute Gasteiger partial charge is 0.491 e. The quantitative estimate of drug-likeness (QED) is 0.583. The van der Waals surface area contributed by atoms with Gasteiger partial charge in [-0.05, 0) is 58.6 Å². The molecule has 148 valence electrons. The lowest BCUT2D eigenvalue weighted by molar-refractivity contribution is -0.384. The zero-order valence-electron chi connectivity index (χ0n) is 16.0. The summed E-state index contributed by atoms with van der Waals surface area (Å²) in [5.41, 5.74) is -1.19. The molecule has 27 heavy (non-hydrogen) atoms. The second-order valence-corrected chi connectivity index (χ2v) is 8.03. The highest BCUT2D eigenvalue weighted by Gasteiger charge is 2.53. The van der Waals surface area contributed by atoms with Crippen LogP contribution in [-0.2, 0) is 9.47 Å². The highest BCUT2D eigenvalue weighted by atomic mass is 16.6. The summed E-state index contributed by atoms with van der Waals surface area (Å²) >= 11 is 0. The van der Waals surface area contributed by atoms with E-state index in [1.807, 2.05) is 20.8 Å². The number of carbonyl (C=O) groups excluding carboxylic acids is 1. The van der Waals surface area contributed by atoms with Gasteiger partial charge in [0.2, 0.25) is 0 Å². The number of hydrogen-bond donors (Lipinski definition) is 0. The normalized spacial score (nSPS) is 21.4. The molecule has 1 aliphatic carbocycles. The molecule has 1 spiro atoms. The number of nitro benzene ring substituents is 1. The summed E-state index contributed by atoms with van der Waals surface area (Å²) in [7, 11) is 0. The van der Waals surface area contributed by atoms with Crippen molar-refractivity contribution < 1.29 is 23.9 Å². The minimum Gasteiger partial charge on any atom is -0.491 e. The predicted octanol–water partition coefficient (Wildman–Crippen LogP) is 3.88. The molecule has 1 heterocycles. The predicted molar refractivity (Wildman–Crippen MR) is 97.6 cm³/mol. The number of ether oxygens (including phenoxy) is 3. The monoisotopic (exact) mass is 378 g/mol. The summed E-state index contributed by atoms with van der Waals surface area (Å²) in [6.45, 7) is 6.13. The van der Waals surface area contributed by atoms with Crippen LogP contribution in [0.25, 0.3) is 0 Å².